The van der Waals surface area contributed by atoms with Crippen molar-refractivity contribution in [3.8, 4) is 0 Å². The number of aliphatic hydroxyl groups is 1. The third-order valence-electron chi connectivity index (χ3n) is 3.80. The lowest BCUT2D eigenvalue weighted by atomic mass is 10.3. The molecule has 0 radical (unpaired) electrons. The molecule has 8 heteroatoms. The van der Waals surface area contributed by atoms with Crippen molar-refractivity contribution >= 4 is 10.0 Å². The molecule has 2 heterocycles. The molecule has 21 heavy (non-hydrogen) atoms. The summed E-state index contributed by atoms with van der Waals surface area (Å²) in [6.07, 6.45) is 5.78. The van der Waals surface area contributed by atoms with Crippen molar-refractivity contribution in [3.63, 3.8) is 0 Å². The summed E-state index contributed by atoms with van der Waals surface area (Å²) in [4.78, 5) is 2.47. The molecule has 0 saturated carbocycles. The van der Waals surface area contributed by atoms with Crippen LogP contribution in [0.5, 0.6) is 0 Å². The molecule has 1 aromatic heterocycles. The Hall–Kier alpha value is -0.960. The van der Waals surface area contributed by atoms with Gasteiger partial charge in [-0.15, -0.1) is 0 Å². The predicted molar refractivity (Wildman–Crippen MR) is 79.4 cm³/mol. The van der Waals surface area contributed by atoms with E-state index in [9.17, 15) is 8.42 Å². The largest absolute Gasteiger partial charge is 0.396 e. The zero-order valence-electron chi connectivity index (χ0n) is 12.4. The Morgan fingerprint density at radius 3 is 2.81 bits per heavy atom. The molecule has 0 aromatic carbocycles. The van der Waals surface area contributed by atoms with Crippen LogP contribution in [0.2, 0.25) is 0 Å². The Bertz CT molecular complexity index is 537. The van der Waals surface area contributed by atoms with E-state index in [1.54, 1.807) is 0 Å². The van der Waals surface area contributed by atoms with Crippen LogP contribution in [0, 0.1) is 0 Å². The minimum atomic E-state index is -3.51. The first-order valence-electron chi connectivity index (χ1n) is 7.40. The number of aryl methyl sites for hydroxylation is 1. The second-order valence-electron chi connectivity index (χ2n) is 5.46. The van der Waals surface area contributed by atoms with Crippen molar-refractivity contribution in [3.05, 3.63) is 12.4 Å². The Balaban J connectivity index is 1.90. The molecule has 0 spiro atoms. The van der Waals surface area contributed by atoms with E-state index < -0.39 is 10.0 Å². The van der Waals surface area contributed by atoms with Crippen molar-refractivity contribution in [2.75, 3.05) is 26.2 Å². The Labute approximate surface area is 126 Å². The van der Waals surface area contributed by atoms with Gasteiger partial charge in [-0.1, -0.05) is 0 Å². The lowest BCUT2D eigenvalue weighted by Crippen LogP contribution is -2.40. The first-order valence-corrected chi connectivity index (χ1v) is 8.88. The second kappa shape index (κ2) is 7.35. The van der Waals surface area contributed by atoms with Gasteiger partial charge in [-0.25, -0.2) is 13.1 Å². The van der Waals surface area contributed by atoms with E-state index in [1.807, 2.05) is 6.92 Å². The summed E-state index contributed by atoms with van der Waals surface area (Å²) in [5.74, 6) is 0. The fourth-order valence-corrected chi connectivity index (χ4v) is 3.54. The molecule has 1 fully saturated rings. The highest BCUT2D eigenvalue weighted by atomic mass is 32.2. The normalized spacial score (nSPS) is 18.2. The van der Waals surface area contributed by atoms with E-state index in [0.29, 0.717) is 19.5 Å². The number of sulfonamides is 1. The lowest BCUT2D eigenvalue weighted by Gasteiger charge is -2.23. The number of rotatable bonds is 8. The van der Waals surface area contributed by atoms with Crippen LogP contribution in [0.1, 0.15) is 26.2 Å². The van der Waals surface area contributed by atoms with Crippen LogP contribution in [0.25, 0.3) is 0 Å². The average molecular weight is 316 g/mol. The third-order valence-corrected chi connectivity index (χ3v) is 5.18. The van der Waals surface area contributed by atoms with Gasteiger partial charge in [0.15, 0.2) is 0 Å². The van der Waals surface area contributed by atoms with Crippen LogP contribution in [-0.4, -0.2) is 60.5 Å². The monoisotopic (exact) mass is 316 g/mol. The molecule has 1 aliphatic rings. The molecule has 2 N–H and O–H groups in total. The van der Waals surface area contributed by atoms with Gasteiger partial charge in [0.25, 0.3) is 0 Å². The molecule has 0 amide bonds. The molecule has 1 aromatic rings. The van der Waals surface area contributed by atoms with Crippen molar-refractivity contribution in [2.45, 2.75) is 43.7 Å². The van der Waals surface area contributed by atoms with Crippen molar-refractivity contribution in [2.24, 2.45) is 0 Å². The molecule has 1 unspecified atom stereocenters. The highest BCUT2D eigenvalue weighted by Gasteiger charge is 2.21. The third kappa shape index (κ3) is 4.50. The Morgan fingerprint density at radius 2 is 2.14 bits per heavy atom. The van der Waals surface area contributed by atoms with Crippen molar-refractivity contribution in [1.82, 2.24) is 19.4 Å². The van der Waals surface area contributed by atoms with E-state index in [2.05, 4.69) is 14.7 Å². The zero-order valence-corrected chi connectivity index (χ0v) is 13.2. The highest BCUT2D eigenvalue weighted by Crippen LogP contribution is 2.12. The van der Waals surface area contributed by atoms with Crippen LogP contribution in [0.3, 0.4) is 0 Å². The maximum absolute atomic E-state index is 12.2. The minimum Gasteiger partial charge on any atom is -0.396 e. The zero-order chi connectivity index (χ0) is 15.3. The fraction of sp³-hybridized carbons (Fsp3) is 0.769. The average Bonchev–Trinajstić information content (AvgIpc) is 3.13. The van der Waals surface area contributed by atoms with E-state index in [1.165, 1.54) is 29.9 Å². The summed E-state index contributed by atoms with van der Waals surface area (Å²) in [5, 5.41) is 12.8. The molecule has 7 nitrogen and oxygen atoms in total. The van der Waals surface area contributed by atoms with E-state index >= 15 is 0 Å². The molecular formula is C13H24N4O3S. The quantitative estimate of drug-likeness (QED) is 0.706. The van der Waals surface area contributed by atoms with Gasteiger partial charge < -0.3 is 5.11 Å². The number of hydrogen-bond acceptors (Lipinski definition) is 5. The molecule has 1 saturated heterocycles. The van der Waals surface area contributed by atoms with Crippen molar-refractivity contribution in [1.29, 1.82) is 0 Å². The number of hydrogen-bond donors (Lipinski definition) is 2. The molecule has 1 aliphatic heterocycles. The maximum Gasteiger partial charge on any atom is 0.243 e. The minimum absolute atomic E-state index is 0.0630. The van der Waals surface area contributed by atoms with E-state index in [0.717, 1.165) is 13.1 Å². The molecular weight excluding hydrogens is 292 g/mol. The van der Waals surface area contributed by atoms with Gasteiger partial charge in [-0.05, 0) is 39.3 Å². The van der Waals surface area contributed by atoms with Crippen LogP contribution in [0.4, 0.5) is 0 Å². The summed E-state index contributed by atoms with van der Waals surface area (Å²) in [6, 6.07) is 0.201. The van der Waals surface area contributed by atoms with Crippen LogP contribution in [-0.2, 0) is 16.6 Å². The first kappa shape index (κ1) is 16.4. The summed E-state index contributed by atoms with van der Waals surface area (Å²) >= 11 is 0. The first-order chi connectivity index (χ1) is 10.0. The van der Waals surface area contributed by atoms with Crippen LogP contribution in [0.15, 0.2) is 17.3 Å². The van der Waals surface area contributed by atoms with Crippen LogP contribution >= 0.6 is 0 Å². The van der Waals surface area contributed by atoms with Gasteiger partial charge in [0, 0.05) is 31.9 Å². The Kier molecular flexibility index (Phi) is 5.74. The number of aromatic nitrogens is 2. The SMILES string of the molecule is CC(CNS(=O)(=O)c1cnn(CCCO)c1)N1CCCC1. The van der Waals surface area contributed by atoms with E-state index in [-0.39, 0.29) is 17.5 Å². The van der Waals surface area contributed by atoms with Gasteiger partial charge in [-0.3, -0.25) is 9.58 Å². The predicted octanol–water partition coefficient (Wildman–Crippen LogP) is 0.0281. The Morgan fingerprint density at radius 1 is 1.43 bits per heavy atom. The second-order valence-corrected chi connectivity index (χ2v) is 7.23. The van der Waals surface area contributed by atoms with Crippen LogP contribution < -0.4 is 4.72 Å². The lowest BCUT2D eigenvalue weighted by molar-refractivity contribution is 0.260. The summed E-state index contributed by atoms with van der Waals surface area (Å²) in [6.45, 7) is 5.11. The summed E-state index contributed by atoms with van der Waals surface area (Å²) in [7, 11) is -3.51. The number of nitrogens with zero attached hydrogens (tertiary/aromatic N) is 3. The standard InChI is InChI=1S/C13H24N4O3S/c1-12(16-5-2-3-6-16)9-15-21(19,20)13-10-14-17(11-13)7-4-8-18/h10-12,15,18H,2-9H2,1H3. The number of likely N-dealkylation sites (tertiary alicyclic amines) is 1. The van der Waals surface area contributed by atoms with Gasteiger partial charge >= 0.3 is 0 Å². The molecule has 0 bridgehead atoms. The molecule has 2 rings (SSSR count). The summed E-state index contributed by atoms with van der Waals surface area (Å²) in [5.41, 5.74) is 0. The fourth-order valence-electron chi connectivity index (χ4n) is 2.46. The van der Waals surface area contributed by atoms with E-state index in [4.69, 9.17) is 5.11 Å². The molecule has 120 valence electrons. The van der Waals surface area contributed by atoms with Gasteiger partial charge in [0.05, 0.1) is 6.20 Å². The topological polar surface area (TPSA) is 87.5 Å². The van der Waals surface area contributed by atoms with Crippen molar-refractivity contribution < 1.29 is 13.5 Å². The number of nitrogens with one attached hydrogen (secondary N) is 1. The molecule has 0 aliphatic carbocycles. The highest BCUT2D eigenvalue weighted by molar-refractivity contribution is 7.89. The van der Waals surface area contributed by atoms with Gasteiger partial charge in [-0.2, -0.15) is 5.10 Å². The summed E-state index contributed by atoms with van der Waals surface area (Å²) < 4.78 is 28.6. The molecule has 1 atom stereocenters. The maximum atomic E-state index is 12.2. The van der Waals surface area contributed by atoms with Gasteiger partial charge in [0.1, 0.15) is 4.90 Å². The van der Waals surface area contributed by atoms with Gasteiger partial charge in [0.2, 0.25) is 10.0 Å². The smallest absolute Gasteiger partial charge is 0.243 e. The number of aliphatic hydroxyl groups excluding tert-OH is 1.